The molecule has 2 aromatic heterocycles. The van der Waals surface area contributed by atoms with Crippen molar-refractivity contribution >= 4 is 17.5 Å². The van der Waals surface area contributed by atoms with Crippen LogP contribution in [-0.2, 0) is 6.54 Å². The van der Waals surface area contributed by atoms with Gasteiger partial charge in [-0.15, -0.1) is 10.2 Å². The van der Waals surface area contributed by atoms with E-state index < -0.39 is 5.91 Å². The summed E-state index contributed by atoms with van der Waals surface area (Å²) in [5.41, 5.74) is 0.291. The van der Waals surface area contributed by atoms with Gasteiger partial charge in [0.25, 0.3) is 5.91 Å². The fourth-order valence-electron chi connectivity index (χ4n) is 2.34. The molecule has 8 nitrogen and oxygen atoms in total. The van der Waals surface area contributed by atoms with E-state index in [2.05, 4.69) is 20.8 Å². The fraction of sp³-hybridized carbons (Fsp3) is 0.167. The monoisotopic (exact) mass is 354 g/mol. The molecule has 8 heteroatoms. The van der Waals surface area contributed by atoms with E-state index in [0.717, 1.165) is 5.76 Å². The van der Waals surface area contributed by atoms with Crippen molar-refractivity contribution in [3.8, 4) is 11.5 Å². The van der Waals surface area contributed by atoms with Crippen molar-refractivity contribution in [3.05, 3.63) is 60.1 Å². The molecule has 0 aliphatic rings. The summed E-state index contributed by atoms with van der Waals surface area (Å²) in [7, 11) is 2.98. The minimum Gasteiger partial charge on any atom is -0.496 e. The Morgan fingerprint density at radius 2 is 1.69 bits per heavy atom. The highest BCUT2D eigenvalue weighted by atomic mass is 16.5. The van der Waals surface area contributed by atoms with Crippen LogP contribution in [0.2, 0.25) is 0 Å². The number of ether oxygens (including phenoxy) is 2. The summed E-state index contributed by atoms with van der Waals surface area (Å²) in [4.78, 5) is 12.6. The highest BCUT2D eigenvalue weighted by Crippen LogP contribution is 2.28. The topological polar surface area (TPSA) is 98.5 Å². The fourth-order valence-corrected chi connectivity index (χ4v) is 2.34. The molecule has 26 heavy (non-hydrogen) atoms. The van der Waals surface area contributed by atoms with Crippen molar-refractivity contribution in [1.82, 2.24) is 10.2 Å². The summed E-state index contributed by atoms with van der Waals surface area (Å²) in [6.45, 7) is 0.492. The van der Waals surface area contributed by atoms with Crippen molar-refractivity contribution in [2.45, 2.75) is 6.54 Å². The molecule has 0 saturated heterocycles. The molecular formula is C18H18N4O4. The third-order valence-electron chi connectivity index (χ3n) is 3.58. The zero-order valence-corrected chi connectivity index (χ0v) is 14.4. The largest absolute Gasteiger partial charge is 0.496 e. The van der Waals surface area contributed by atoms with Gasteiger partial charge in [-0.3, -0.25) is 4.79 Å². The molecule has 1 amide bonds. The molecule has 0 aliphatic carbocycles. The van der Waals surface area contributed by atoms with Crippen LogP contribution >= 0.6 is 0 Å². The van der Waals surface area contributed by atoms with Gasteiger partial charge in [-0.2, -0.15) is 0 Å². The van der Waals surface area contributed by atoms with E-state index in [9.17, 15) is 4.79 Å². The quantitative estimate of drug-likeness (QED) is 0.673. The van der Waals surface area contributed by atoms with Gasteiger partial charge >= 0.3 is 0 Å². The molecule has 0 fully saturated rings. The Hall–Kier alpha value is -3.55. The first-order chi connectivity index (χ1) is 12.7. The molecule has 0 atom stereocenters. The average Bonchev–Trinajstić information content (AvgIpc) is 3.20. The predicted molar refractivity (Wildman–Crippen MR) is 95.6 cm³/mol. The highest BCUT2D eigenvalue weighted by Gasteiger charge is 2.18. The van der Waals surface area contributed by atoms with Crippen LogP contribution in [0.25, 0.3) is 0 Å². The second kappa shape index (κ2) is 8.02. The summed E-state index contributed by atoms with van der Waals surface area (Å²) in [6, 6.07) is 12.1. The molecule has 1 aromatic carbocycles. The molecule has 0 spiro atoms. The number of benzene rings is 1. The van der Waals surface area contributed by atoms with Crippen molar-refractivity contribution in [1.29, 1.82) is 0 Å². The maximum absolute atomic E-state index is 12.6. The van der Waals surface area contributed by atoms with Crippen molar-refractivity contribution in [2.24, 2.45) is 0 Å². The number of carbonyl (C=O) groups excluding carboxylic acids is 1. The molecule has 0 unspecified atom stereocenters. The summed E-state index contributed by atoms with van der Waals surface area (Å²) in [5, 5.41) is 13.8. The Morgan fingerprint density at radius 3 is 2.27 bits per heavy atom. The van der Waals surface area contributed by atoms with Crippen LogP contribution in [0.15, 0.2) is 53.1 Å². The van der Waals surface area contributed by atoms with Gasteiger partial charge in [-0.1, -0.05) is 6.07 Å². The normalized spacial score (nSPS) is 10.2. The van der Waals surface area contributed by atoms with Crippen molar-refractivity contribution < 1.29 is 18.7 Å². The van der Waals surface area contributed by atoms with Gasteiger partial charge < -0.3 is 24.5 Å². The van der Waals surface area contributed by atoms with E-state index in [0.29, 0.717) is 35.2 Å². The first-order valence-corrected chi connectivity index (χ1v) is 7.83. The van der Waals surface area contributed by atoms with Crippen LogP contribution in [0, 0.1) is 0 Å². The number of carbonyl (C=O) groups is 1. The summed E-state index contributed by atoms with van der Waals surface area (Å²) >= 11 is 0. The predicted octanol–water partition coefficient (Wildman–Crippen LogP) is 2.95. The van der Waals surface area contributed by atoms with E-state index in [1.807, 2.05) is 12.1 Å². The second-order valence-corrected chi connectivity index (χ2v) is 5.23. The zero-order chi connectivity index (χ0) is 18.4. The van der Waals surface area contributed by atoms with Crippen LogP contribution in [0.1, 0.15) is 16.1 Å². The summed E-state index contributed by atoms with van der Waals surface area (Å²) in [6.07, 6.45) is 1.60. The Bertz CT molecular complexity index is 841. The lowest BCUT2D eigenvalue weighted by atomic mass is 10.1. The van der Waals surface area contributed by atoms with Gasteiger partial charge in [-0.25, -0.2) is 0 Å². The number of anilines is 2. The lowest BCUT2D eigenvalue weighted by molar-refractivity contribution is 0.102. The lowest BCUT2D eigenvalue weighted by Crippen LogP contribution is -2.16. The number of rotatable bonds is 7. The van der Waals surface area contributed by atoms with E-state index in [4.69, 9.17) is 13.9 Å². The number of aromatic nitrogens is 2. The van der Waals surface area contributed by atoms with E-state index >= 15 is 0 Å². The molecule has 0 bridgehead atoms. The van der Waals surface area contributed by atoms with Gasteiger partial charge in [0.1, 0.15) is 28.6 Å². The SMILES string of the molecule is COc1cccc(OC)c1C(=O)Nc1ccc(NCc2ccco2)nn1. The number of hydrogen-bond donors (Lipinski definition) is 2. The third-order valence-corrected chi connectivity index (χ3v) is 3.58. The maximum Gasteiger partial charge on any atom is 0.264 e. The number of amides is 1. The minimum absolute atomic E-state index is 0.291. The zero-order valence-electron chi connectivity index (χ0n) is 14.4. The number of nitrogens with zero attached hydrogens (tertiary/aromatic N) is 2. The number of methoxy groups -OCH3 is 2. The van der Waals surface area contributed by atoms with Gasteiger partial charge in [0.15, 0.2) is 5.82 Å². The Labute approximate surface area is 150 Å². The molecular weight excluding hydrogens is 336 g/mol. The molecule has 134 valence electrons. The second-order valence-electron chi connectivity index (χ2n) is 5.23. The molecule has 0 radical (unpaired) electrons. The van der Waals surface area contributed by atoms with Crippen LogP contribution in [-0.4, -0.2) is 30.3 Å². The summed E-state index contributed by atoms with van der Waals surface area (Å²) < 4.78 is 15.7. The molecule has 0 aliphatic heterocycles. The van der Waals surface area contributed by atoms with Crippen LogP contribution in [0.3, 0.4) is 0 Å². The molecule has 2 N–H and O–H groups in total. The lowest BCUT2D eigenvalue weighted by Gasteiger charge is -2.12. The number of furan rings is 1. The van der Waals surface area contributed by atoms with E-state index in [1.165, 1.54) is 14.2 Å². The van der Waals surface area contributed by atoms with Crippen LogP contribution in [0.5, 0.6) is 11.5 Å². The van der Waals surface area contributed by atoms with Crippen LogP contribution < -0.4 is 20.1 Å². The first kappa shape index (κ1) is 17.3. The number of nitrogens with one attached hydrogen (secondary N) is 2. The number of hydrogen-bond acceptors (Lipinski definition) is 7. The Kier molecular flexibility index (Phi) is 5.33. The van der Waals surface area contributed by atoms with Crippen molar-refractivity contribution in [3.63, 3.8) is 0 Å². The Morgan fingerprint density at radius 1 is 1.00 bits per heavy atom. The van der Waals surface area contributed by atoms with Crippen molar-refractivity contribution in [2.75, 3.05) is 24.9 Å². The average molecular weight is 354 g/mol. The molecule has 3 rings (SSSR count). The minimum atomic E-state index is -0.398. The standard InChI is InChI=1S/C18H18N4O4/c1-24-13-6-3-7-14(25-2)17(13)18(23)20-16-9-8-15(21-22-16)19-11-12-5-4-10-26-12/h3-10H,11H2,1-2H3,(H,19,21)(H,20,22,23). The third kappa shape index (κ3) is 3.92. The molecule has 3 aromatic rings. The van der Waals surface area contributed by atoms with Gasteiger partial charge in [0.05, 0.1) is 27.0 Å². The summed E-state index contributed by atoms with van der Waals surface area (Å²) in [5.74, 6) is 2.08. The molecule has 2 heterocycles. The van der Waals surface area contributed by atoms with Gasteiger partial charge in [0, 0.05) is 0 Å². The maximum atomic E-state index is 12.6. The Balaban J connectivity index is 1.68. The van der Waals surface area contributed by atoms with E-state index in [1.54, 1.807) is 36.6 Å². The van der Waals surface area contributed by atoms with Crippen LogP contribution in [0.4, 0.5) is 11.6 Å². The van der Waals surface area contributed by atoms with Gasteiger partial charge in [0.2, 0.25) is 0 Å². The van der Waals surface area contributed by atoms with Gasteiger partial charge in [-0.05, 0) is 36.4 Å². The van der Waals surface area contributed by atoms with E-state index in [-0.39, 0.29) is 0 Å². The molecule has 0 saturated carbocycles. The smallest absolute Gasteiger partial charge is 0.264 e. The first-order valence-electron chi connectivity index (χ1n) is 7.83. The highest BCUT2D eigenvalue weighted by molar-refractivity contribution is 6.07.